The van der Waals surface area contributed by atoms with Gasteiger partial charge < -0.3 is 5.32 Å². The van der Waals surface area contributed by atoms with Crippen LogP contribution in [0, 0.1) is 17.8 Å². The number of benzene rings is 1. The van der Waals surface area contributed by atoms with Crippen LogP contribution in [0.15, 0.2) is 35.2 Å². The van der Waals surface area contributed by atoms with E-state index in [0.29, 0.717) is 29.9 Å². The topological polar surface area (TPSA) is 66.5 Å². The van der Waals surface area contributed by atoms with Crippen molar-refractivity contribution in [3.63, 3.8) is 0 Å². The zero-order valence-electron chi connectivity index (χ0n) is 14.4. The maximum Gasteiger partial charge on any atom is 0.243 e. The van der Waals surface area contributed by atoms with Crippen molar-refractivity contribution in [1.29, 1.82) is 0 Å². The molecule has 136 valence electrons. The zero-order valence-corrected chi connectivity index (χ0v) is 15.2. The molecule has 0 spiro atoms. The van der Waals surface area contributed by atoms with Gasteiger partial charge in [0.1, 0.15) is 0 Å². The number of fused-ring (bicyclic) bond motifs is 2. The van der Waals surface area contributed by atoms with E-state index in [9.17, 15) is 13.2 Å². The minimum atomic E-state index is -3.51. The number of carbonyl (C=O) groups is 1. The molecular formula is C19H26N2O3S. The Morgan fingerprint density at radius 3 is 2.56 bits per heavy atom. The van der Waals surface area contributed by atoms with Gasteiger partial charge in [-0.2, -0.15) is 4.31 Å². The van der Waals surface area contributed by atoms with E-state index in [4.69, 9.17) is 0 Å². The molecule has 1 aliphatic heterocycles. The Hall–Kier alpha value is -1.40. The summed E-state index contributed by atoms with van der Waals surface area (Å²) in [5, 5.41) is 3.23. The first-order valence-corrected chi connectivity index (χ1v) is 10.8. The molecule has 4 atom stereocenters. The number of hydrogen-bond acceptors (Lipinski definition) is 3. The van der Waals surface area contributed by atoms with Crippen molar-refractivity contribution in [2.75, 3.05) is 13.1 Å². The first kappa shape index (κ1) is 17.0. The molecule has 3 aliphatic rings. The van der Waals surface area contributed by atoms with Crippen molar-refractivity contribution >= 4 is 15.9 Å². The van der Waals surface area contributed by atoms with Crippen LogP contribution in [0.5, 0.6) is 0 Å². The number of amides is 1. The lowest BCUT2D eigenvalue weighted by molar-refractivity contribution is -0.127. The standard InChI is InChI=1S/C19H26N2O3S/c22-19(20-18-12-14-8-9-15(18)11-14)16-5-4-10-21(13-16)25(23,24)17-6-2-1-3-7-17/h1-3,6-7,14-16,18H,4-5,8-13H2,(H,20,22)/t14-,15-,16-,18-/m0/s1. The Kier molecular flexibility index (Phi) is 4.58. The average molecular weight is 362 g/mol. The predicted molar refractivity (Wildman–Crippen MR) is 95.3 cm³/mol. The number of rotatable bonds is 4. The summed E-state index contributed by atoms with van der Waals surface area (Å²) in [6, 6.07) is 8.82. The van der Waals surface area contributed by atoms with E-state index in [1.54, 1.807) is 30.3 Å². The molecule has 1 heterocycles. The summed E-state index contributed by atoms with van der Waals surface area (Å²) >= 11 is 0. The molecule has 1 aromatic carbocycles. The highest BCUT2D eigenvalue weighted by Crippen LogP contribution is 2.44. The van der Waals surface area contributed by atoms with Gasteiger partial charge in [-0.15, -0.1) is 0 Å². The summed E-state index contributed by atoms with van der Waals surface area (Å²) in [6.07, 6.45) is 6.41. The maximum atomic E-state index is 12.8. The summed E-state index contributed by atoms with van der Waals surface area (Å²) in [5.41, 5.74) is 0. The monoisotopic (exact) mass is 362 g/mol. The third-order valence-corrected chi connectivity index (χ3v) is 8.08. The van der Waals surface area contributed by atoms with Crippen molar-refractivity contribution < 1.29 is 13.2 Å². The Bertz CT molecular complexity index is 734. The number of hydrogen-bond donors (Lipinski definition) is 1. The molecule has 2 aliphatic carbocycles. The zero-order chi connectivity index (χ0) is 17.4. The molecule has 2 saturated carbocycles. The summed E-state index contributed by atoms with van der Waals surface area (Å²) in [4.78, 5) is 13.0. The Morgan fingerprint density at radius 1 is 1.08 bits per heavy atom. The first-order valence-electron chi connectivity index (χ1n) is 9.39. The fourth-order valence-corrected chi connectivity index (χ4v) is 6.38. The summed E-state index contributed by atoms with van der Waals surface area (Å²) in [7, 11) is -3.51. The SMILES string of the molecule is O=C(N[C@H]1C[C@H]2CC[C@H]1C2)[C@H]1CCCN(S(=O)(=O)c2ccccc2)C1. The van der Waals surface area contributed by atoms with E-state index in [1.165, 1.54) is 23.6 Å². The van der Waals surface area contributed by atoms with Gasteiger partial charge in [-0.05, 0) is 56.1 Å². The van der Waals surface area contributed by atoms with Crippen LogP contribution in [0.2, 0.25) is 0 Å². The van der Waals surface area contributed by atoms with Crippen molar-refractivity contribution in [2.45, 2.75) is 49.5 Å². The van der Waals surface area contributed by atoms with Gasteiger partial charge in [0.05, 0.1) is 10.8 Å². The molecule has 1 aromatic rings. The number of carbonyl (C=O) groups excluding carboxylic acids is 1. The van der Waals surface area contributed by atoms with E-state index in [0.717, 1.165) is 25.2 Å². The van der Waals surface area contributed by atoms with Gasteiger partial charge in [-0.25, -0.2) is 8.42 Å². The molecule has 1 saturated heterocycles. The average Bonchev–Trinajstić information content (AvgIpc) is 3.25. The Morgan fingerprint density at radius 2 is 1.88 bits per heavy atom. The molecule has 6 heteroatoms. The fraction of sp³-hybridized carbons (Fsp3) is 0.632. The first-order chi connectivity index (χ1) is 12.0. The molecule has 1 amide bonds. The van der Waals surface area contributed by atoms with E-state index in [-0.39, 0.29) is 11.8 Å². The minimum absolute atomic E-state index is 0.0468. The van der Waals surface area contributed by atoms with E-state index in [1.807, 2.05) is 0 Å². The van der Waals surface area contributed by atoms with Crippen molar-refractivity contribution in [3.8, 4) is 0 Å². The second-order valence-electron chi connectivity index (χ2n) is 7.81. The van der Waals surface area contributed by atoms with Crippen LogP contribution < -0.4 is 5.32 Å². The van der Waals surface area contributed by atoms with Gasteiger partial charge in [0.25, 0.3) is 0 Å². The van der Waals surface area contributed by atoms with Gasteiger partial charge in [0.2, 0.25) is 15.9 Å². The Balaban J connectivity index is 1.41. The highest BCUT2D eigenvalue weighted by Gasteiger charge is 2.41. The van der Waals surface area contributed by atoms with Crippen LogP contribution in [0.4, 0.5) is 0 Å². The predicted octanol–water partition coefficient (Wildman–Crippen LogP) is 2.39. The molecule has 4 rings (SSSR count). The summed E-state index contributed by atoms with van der Waals surface area (Å²) < 4.78 is 27.1. The molecule has 0 aromatic heterocycles. The maximum absolute atomic E-state index is 12.8. The molecule has 1 N–H and O–H groups in total. The second-order valence-corrected chi connectivity index (χ2v) is 9.74. The van der Waals surface area contributed by atoms with Gasteiger partial charge in [0.15, 0.2) is 0 Å². The number of sulfonamides is 1. The quantitative estimate of drug-likeness (QED) is 0.894. The molecule has 5 nitrogen and oxygen atoms in total. The summed E-state index contributed by atoms with van der Waals surface area (Å²) in [6.45, 7) is 0.791. The van der Waals surface area contributed by atoms with Gasteiger partial charge >= 0.3 is 0 Å². The Labute approximate surface area is 149 Å². The highest BCUT2D eigenvalue weighted by molar-refractivity contribution is 7.89. The number of piperidine rings is 1. The van der Waals surface area contributed by atoms with Crippen molar-refractivity contribution in [2.24, 2.45) is 17.8 Å². The lowest BCUT2D eigenvalue weighted by atomic mass is 9.93. The van der Waals surface area contributed by atoms with Crippen molar-refractivity contribution in [3.05, 3.63) is 30.3 Å². The van der Waals surface area contributed by atoms with Crippen LogP contribution in [0.1, 0.15) is 38.5 Å². The van der Waals surface area contributed by atoms with Gasteiger partial charge in [-0.3, -0.25) is 4.79 Å². The number of nitrogens with one attached hydrogen (secondary N) is 1. The summed E-state index contributed by atoms with van der Waals surface area (Å²) in [5.74, 6) is 1.25. The van der Waals surface area contributed by atoms with Gasteiger partial charge in [-0.1, -0.05) is 24.6 Å². The van der Waals surface area contributed by atoms with Gasteiger partial charge in [0, 0.05) is 19.1 Å². The molecule has 0 radical (unpaired) electrons. The molecule has 0 unspecified atom stereocenters. The normalized spacial score (nSPS) is 32.6. The third kappa shape index (κ3) is 3.34. The van der Waals surface area contributed by atoms with Crippen LogP contribution in [-0.2, 0) is 14.8 Å². The van der Waals surface area contributed by atoms with Crippen LogP contribution in [-0.4, -0.2) is 37.8 Å². The third-order valence-electron chi connectivity index (χ3n) is 6.20. The smallest absolute Gasteiger partial charge is 0.243 e. The van der Waals surface area contributed by atoms with Crippen LogP contribution >= 0.6 is 0 Å². The van der Waals surface area contributed by atoms with E-state index < -0.39 is 10.0 Å². The molecule has 3 fully saturated rings. The number of nitrogens with zero attached hydrogens (tertiary/aromatic N) is 1. The lowest BCUT2D eigenvalue weighted by Crippen LogP contribution is -2.48. The highest BCUT2D eigenvalue weighted by atomic mass is 32.2. The second kappa shape index (κ2) is 6.72. The van der Waals surface area contributed by atoms with E-state index in [2.05, 4.69) is 5.32 Å². The largest absolute Gasteiger partial charge is 0.353 e. The minimum Gasteiger partial charge on any atom is -0.353 e. The fourth-order valence-electron chi connectivity index (χ4n) is 4.84. The van der Waals surface area contributed by atoms with Crippen molar-refractivity contribution in [1.82, 2.24) is 9.62 Å². The molecular weight excluding hydrogens is 336 g/mol. The molecule has 2 bridgehead atoms. The lowest BCUT2D eigenvalue weighted by Gasteiger charge is -2.32. The van der Waals surface area contributed by atoms with E-state index >= 15 is 0 Å². The molecule has 25 heavy (non-hydrogen) atoms. The van der Waals surface area contributed by atoms with Crippen LogP contribution in [0.3, 0.4) is 0 Å². The van der Waals surface area contributed by atoms with Crippen LogP contribution in [0.25, 0.3) is 0 Å².